The number of halogens is 1. The van der Waals surface area contributed by atoms with E-state index in [4.69, 9.17) is 4.74 Å². The van der Waals surface area contributed by atoms with Gasteiger partial charge in [0.05, 0.1) is 7.11 Å². The highest BCUT2D eigenvalue weighted by molar-refractivity contribution is 9.10. The number of aromatic nitrogens is 2. The Labute approximate surface area is 96.6 Å². The highest BCUT2D eigenvalue weighted by atomic mass is 79.9. The van der Waals surface area contributed by atoms with Crippen molar-refractivity contribution in [1.82, 2.24) is 9.97 Å². The summed E-state index contributed by atoms with van der Waals surface area (Å²) in [6.45, 7) is 1.93. The zero-order valence-electron chi connectivity index (χ0n) is 8.54. The average Bonchev–Trinajstić information content (AvgIpc) is 2.58. The van der Waals surface area contributed by atoms with Gasteiger partial charge in [0.2, 0.25) is 0 Å². The second-order valence-corrected chi connectivity index (χ2v) is 4.01. The number of methoxy groups -OCH3 is 1. The Kier molecular flexibility index (Phi) is 2.77. The van der Waals surface area contributed by atoms with Crippen LogP contribution in [0.25, 0.3) is 11.3 Å². The van der Waals surface area contributed by atoms with Crippen molar-refractivity contribution < 1.29 is 4.74 Å². The molecule has 0 atom stereocenters. The van der Waals surface area contributed by atoms with E-state index in [9.17, 15) is 0 Å². The maximum Gasteiger partial charge on any atom is 0.118 e. The highest BCUT2D eigenvalue weighted by Crippen LogP contribution is 2.27. The first kappa shape index (κ1) is 10.2. The van der Waals surface area contributed by atoms with Gasteiger partial charge < -0.3 is 9.72 Å². The molecule has 0 aliphatic rings. The summed E-state index contributed by atoms with van der Waals surface area (Å²) in [5.41, 5.74) is 1.99. The fraction of sp³-hybridized carbons (Fsp3) is 0.182. The van der Waals surface area contributed by atoms with Gasteiger partial charge >= 0.3 is 0 Å². The molecule has 0 saturated carbocycles. The minimum Gasteiger partial charge on any atom is -0.497 e. The molecule has 4 heteroatoms. The van der Waals surface area contributed by atoms with Crippen LogP contribution in [0.2, 0.25) is 0 Å². The van der Waals surface area contributed by atoms with Crippen LogP contribution in [0, 0.1) is 6.92 Å². The molecule has 0 unspecified atom stereocenters. The van der Waals surface area contributed by atoms with Crippen molar-refractivity contribution >= 4 is 15.9 Å². The summed E-state index contributed by atoms with van der Waals surface area (Å²) >= 11 is 3.44. The second kappa shape index (κ2) is 4.06. The number of hydrogen-bond donors (Lipinski definition) is 1. The molecule has 2 aromatic rings. The van der Waals surface area contributed by atoms with Gasteiger partial charge in [-0.05, 0) is 47.1 Å². The van der Waals surface area contributed by atoms with Crippen LogP contribution >= 0.6 is 15.9 Å². The highest BCUT2D eigenvalue weighted by Gasteiger charge is 2.07. The van der Waals surface area contributed by atoms with E-state index in [2.05, 4.69) is 25.9 Å². The molecule has 3 nitrogen and oxygen atoms in total. The summed E-state index contributed by atoms with van der Waals surface area (Å²) in [5.74, 6) is 1.75. The number of nitrogens with one attached hydrogen (secondary N) is 1. The summed E-state index contributed by atoms with van der Waals surface area (Å²) in [5, 5.41) is 0. The Hall–Kier alpha value is -1.29. The van der Waals surface area contributed by atoms with Crippen LogP contribution in [0.1, 0.15) is 5.82 Å². The van der Waals surface area contributed by atoms with Gasteiger partial charge in [0.1, 0.15) is 21.9 Å². The zero-order valence-corrected chi connectivity index (χ0v) is 10.1. The number of ether oxygens (including phenoxy) is 1. The lowest BCUT2D eigenvalue weighted by Crippen LogP contribution is -1.83. The molecule has 0 amide bonds. The number of imidazole rings is 1. The quantitative estimate of drug-likeness (QED) is 0.907. The molecule has 0 aliphatic carbocycles. The molecule has 0 aliphatic heterocycles. The maximum absolute atomic E-state index is 5.10. The molecule has 15 heavy (non-hydrogen) atoms. The SMILES string of the molecule is COc1ccc(-c2nc(C)[nH]c2Br)cc1. The summed E-state index contributed by atoms with van der Waals surface area (Å²) in [7, 11) is 1.66. The largest absolute Gasteiger partial charge is 0.497 e. The molecule has 1 heterocycles. The van der Waals surface area contributed by atoms with Gasteiger partial charge in [0.15, 0.2) is 0 Å². The van der Waals surface area contributed by atoms with Gasteiger partial charge in [0.25, 0.3) is 0 Å². The predicted molar refractivity (Wildman–Crippen MR) is 63.0 cm³/mol. The lowest BCUT2D eigenvalue weighted by atomic mass is 10.2. The molecule has 0 fully saturated rings. The fourth-order valence-corrected chi connectivity index (χ4v) is 2.01. The lowest BCUT2D eigenvalue weighted by molar-refractivity contribution is 0.415. The number of H-pyrrole nitrogens is 1. The molecule has 1 aromatic heterocycles. The van der Waals surface area contributed by atoms with E-state index in [0.717, 1.165) is 27.4 Å². The van der Waals surface area contributed by atoms with Crippen molar-refractivity contribution in [1.29, 1.82) is 0 Å². The summed E-state index contributed by atoms with van der Waals surface area (Å²) in [4.78, 5) is 7.50. The summed E-state index contributed by atoms with van der Waals surface area (Å²) < 4.78 is 6.01. The van der Waals surface area contributed by atoms with E-state index < -0.39 is 0 Å². The van der Waals surface area contributed by atoms with Crippen LogP contribution in [-0.2, 0) is 0 Å². The number of hydrogen-bond acceptors (Lipinski definition) is 2. The normalized spacial score (nSPS) is 10.3. The van der Waals surface area contributed by atoms with Crippen molar-refractivity contribution in [3.8, 4) is 17.0 Å². The minimum absolute atomic E-state index is 0.849. The molecule has 1 N–H and O–H groups in total. The monoisotopic (exact) mass is 266 g/mol. The third kappa shape index (κ3) is 2.04. The van der Waals surface area contributed by atoms with Crippen LogP contribution in [0.15, 0.2) is 28.9 Å². The topological polar surface area (TPSA) is 37.9 Å². The predicted octanol–water partition coefficient (Wildman–Crippen LogP) is 3.16. The van der Waals surface area contributed by atoms with Gasteiger partial charge in [-0.15, -0.1) is 0 Å². The van der Waals surface area contributed by atoms with E-state index >= 15 is 0 Å². The van der Waals surface area contributed by atoms with Gasteiger partial charge in [-0.3, -0.25) is 0 Å². The van der Waals surface area contributed by atoms with Gasteiger partial charge in [-0.25, -0.2) is 4.98 Å². The summed E-state index contributed by atoms with van der Waals surface area (Å²) in [6.07, 6.45) is 0. The molecule has 78 valence electrons. The first-order chi connectivity index (χ1) is 7.20. The summed E-state index contributed by atoms with van der Waals surface area (Å²) in [6, 6.07) is 7.82. The molecule has 0 saturated heterocycles. The average molecular weight is 267 g/mol. The first-order valence-electron chi connectivity index (χ1n) is 4.57. The van der Waals surface area contributed by atoms with Crippen molar-refractivity contribution in [2.75, 3.05) is 7.11 Å². The fourth-order valence-electron chi connectivity index (χ4n) is 1.40. The molecule has 2 rings (SSSR count). The van der Waals surface area contributed by atoms with E-state index in [1.165, 1.54) is 0 Å². The minimum atomic E-state index is 0.849. The van der Waals surface area contributed by atoms with E-state index in [-0.39, 0.29) is 0 Å². The van der Waals surface area contributed by atoms with Crippen molar-refractivity contribution in [3.05, 3.63) is 34.7 Å². The first-order valence-corrected chi connectivity index (χ1v) is 5.36. The van der Waals surface area contributed by atoms with Crippen molar-refractivity contribution in [2.24, 2.45) is 0 Å². The van der Waals surface area contributed by atoms with Crippen LogP contribution in [0.4, 0.5) is 0 Å². The van der Waals surface area contributed by atoms with Crippen LogP contribution < -0.4 is 4.74 Å². The van der Waals surface area contributed by atoms with Crippen molar-refractivity contribution in [2.45, 2.75) is 6.92 Å². The van der Waals surface area contributed by atoms with Crippen LogP contribution in [-0.4, -0.2) is 17.1 Å². The molecular weight excluding hydrogens is 256 g/mol. The van der Waals surface area contributed by atoms with E-state index in [1.54, 1.807) is 7.11 Å². The van der Waals surface area contributed by atoms with Gasteiger partial charge in [0, 0.05) is 5.56 Å². The smallest absolute Gasteiger partial charge is 0.118 e. The third-order valence-electron chi connectivity index (χ3n) is 2.14. The zero-order chi connectivity index (χ0) is 10.8. The van der Waals surface area contributed by atoms with Crippen molar-refractivity contribution in [3.63, 3.8) is 0 Å². The van der Waals surface area contributed by atoms with Crippen LogP contribution in [0.3, 0.4) is 0 Å². The van der Waals surface area contributed by atoms with E-state index in [0.29, 0.717) is 0 Å². The van der Waals surface area contributed by atoms with Crippen LogP contribution in [0.5, 0.6) is 5.75 Å². The lowest BCUT2D eigenvalue weighted by Gasteiger charge is -2.01. The Balaban J connectivity index is 2.41. The number of nitrogens with zero attached hydrogens (tertiary/aromatic N) is 1. The molecule has 1 aromatic carbocycles. The standard InChI is InChI=1S/C11H11BrN2O/c1-7-13-10(11(12)14-7)8-3-5-9(15-2)6-4-8/h3-6H,1-2H3,(H,13,14). The Bertz CT molecular complexity index is 462. The number of rotatable bonds is 2. The van der Waals surface area contributed by atoms with E-state index in [1.807, 2.05) is 31.2 Å². The molecule has 0 radical (unpaired) electrons. The molecule has 0 spiro atoms. The van der Waals surface area contributed by atoms with Gasteiger partial charge in [-0.1, -0.05) is 0 Å². The Morgan fingerprint density at radius 1 is 1.27 bits per heavy atom. The number of benzene rings is 1. The Morgan fingerprint density at radius 2 is 1.93 bits per heavy atom. The molecular formula is C11H11BrN2O. The number of aryl methyl sites for hydroxylation is 1. The number of aromatic amines is 1. The molecule has 0 bridgehead atoms. The van der Waals surface area contributed by atoms with Gasteiger partial charge in [-0.2, -0.15) is 0 Å². The second-order valence-electron chi connectivity index (χ2n) is 3.21. The Morgan fingerprint density at radius 3 is 2.40 bits per heavy atom. The third-order valence-corrected chi connectivity index (χ3v) is 2.72. The maximum atomic E-state index is 5.10.